The molecule has 5 heteroatoms. The number of aryl methyl sites for hydroxylation is 1. The van der Waals surface area contributed by atoms with Crippen molar-refractivity contribution < 1.29 is 18.7 Å². The fourth-order valence-corrected chi connectivity index (χ4v) is 2.77. The third-order valence-corrected chi connectivity index (χ3v) is 3.94. The first-order valence-electron chi connectivity index (χ1n) is 7.74. The highest BCUT2D eigenvalue weighted by Crippen LogP contribution is 2.28. The van der Waals surface area contributed by atoms with Gasteiger partial charge in [0, 0.05) is 24.1 Å². The van der Waals surface area contributed by atoms with Crippen LogP contribution in [0.3, 0.4) is 0 Å². The number of carbonyl (C=O) groups excluding carboxylic acids is 1. The number of fused-ring (bicyclic) bond motifs is 1. The molecule has 22 heavy (non-hydrogen) atoms. The van der Waals surface area contributed by atoms with Gasteiger partial charge >= 0.3 is 0 Å². The molecule has 0 aliphatic carbocycles. The summed E-state index contributed by atoms with van der Waals surface area (Å²) in [6, 6.07) is 5.60. The van der Waals surface area contributed by atoms with Crippen molar-refractivity contribution in [2.75, 3.05) is 19.8 Å². The van der Waals surface area contributed by atoms with Gasteiger partial charge in [0.2, 0.25) is 0 Å². The molecule has 1 fully saturated rings. The maximum absolute atomic E-state index is 12.3. The second-order valence-corrected chi connectivity index (χ2v) is 5.49. The summed E-state index contributed by atoms with van der Waals surface area (Å²) in [6.07, 6.45) is 2.18. The van der Waals surface area contributed by atoms with Crippen LogP contribution in [-0.2, 0) is 4.74 Å². The summed E-state index contributed by atoms with van der Waals surface area (Å²) in [4.78, 5) is 12.3. The highest BCUT2D eigenvalue weighted by Gasteiger charge is 2.21. The Labute approximate surface area is 129 Å². The van der Waals surface area contributed by atoms with E-state index < -0.39 is 0 Å². The first-order chi connectivity index (χ1) is 10.7. The summed E-state index contributed by atoms with van der Waals surface area (Å²) in [5.74, 6) is 0.953. The Kier molecular flexibility index (Phi) is 4.34. The van der Waals surface area contributed by atoms with E-state index in [-0.39, 0.29) is 12.0 Å². The fraction of sp³-hybridized carbons (Fsp3) is 0.471. The van der Waals surface area contributed by atoms with Crippen molar-refractivity contribution in [1.82, 2.24) is 5.32 Å². The van der Waals surface area contributed by atoms with Crippen molar-refractivity contribution in [2.24, 2.45) is 0 Å². The highest BCUT2D eigenvalue weighted by atomic mass is 16.5. The molecule has 0 spiro atoms. The molecule has 2 aromatic rings. The first-order valence-corrected chi connectivity index (χ1v) is 7.74. The molecule has 3 rings (SSSR count). The van der Waals surface area contributed by atoms with Crippen LogP contribution < -0.4 is 10.1 Å². The average molecular weight is 303 g/mol. The van der Waals surface area contributed by atoms with Crippen LogP contribution in [0, 0.1) is 6.92 Å². The number of hydrogen-bond donors (Lipinski definition) is 1. The fourth-order valence-electron chi connectivity index (χ4n) is 2.77. The van der Waals surface area contributed by atoms with Crippen LogP contribution in [0.1, 0.15) is 35.9 Å². The van der Waals surface area contributed by atoms with E-state index in [1.807, 2.05) is 32.0 Å². The van der Waals surface area contributed by atoms with E-state index in [0.29, 0.717) is 24.5 Å². The molecular weight excluding hydrogens is 282 g/mol. The molecule has 1 aromatic heterocycles. The normalized spacial score (nSPS) is 17.8. The number of furan rings is 1. The van der Waals surface area contributed by atoms with Gasteiger partial charge in [-0.3, -0.25) is 4.79 Å². The van der Waals surface area contributed by atoms with Crippen LogP contribution in [0.5, 0.6) is 5.75 Å². The van der Waals surface area contributed by atoms with E-state index >= 15 is 0 Å². The number of hydrogen-bond acceptors (Lipinski definition) is 4. The summed E-state index contributed by atoms with van der Waals surface area (Å²) in [5.41, 5.74) is 1.53. The van der Waals surface area contributed by atoms with Crippen molar-refractivity contribution in [3.05, 3.63) is 29.5 Å². The van der Waals surface area contributed by atoms with Crippen LogP contribution in [0.2, 0.25) is 0 Å². The third-order valence-electron chi connectivity index (χ3n) is 3.94. The molecule has 1 N–H and O–H groups in total. The van der Waals surface area contributed by atoms with Gasteiger partial charge in [-0.15, -0.1) is 0 Å². The van der Waals surface area contributed by atoms with Crippen LogP contribution in [0.25, 0.3) is 11.0 Å². The molecular formula is C17H21NO4. The van der Waals surface area contributed by atoms with Crippen molar-refractivity contribution in [1.29, 1.82) is 0 Å². The Balaban J connectivity index is 1.77. The number of rotatable bonds is 5. The predicted molar refractivity (Wildman–Crippen MR) is 83.4 cm³/mol. The topological polar surface area (TPSA) is 60.7 Å². The Morgan fingerprint density at radius 1 is 1.45 bits per heavy atom. The van der Waals surface area contributed by atoms with Gasteiger partial charge in [-0.2, -0.15) is 0 Å². The third kappa shape index (κ3) is 2.95. The average Bonchev–Trinajstić information content (AvgIpc) is 3.14. The summed E-state index contributed by atoms with van der Waals surface area (Å²) in [6.45, 7) is 5.75. The van der Waals surface area contributed by atoms with E-state index in [9.17, 15) is 4.79 Å². The van der Waals surface area contributed by atoms with Gasteiger partial charge in [-0.25, -0.2) is 0 Å². The lowest BCUT2D eigenvalue weighted by Gasteiger charge is -2.09. The van der Waals surface area contributed by atoms with E-state index in [1.54, 1.807) is 0 Å². The second-order valence-electron chi connectivity index (χ2n) is 5.49. The molecule has 1 saturated heterocycles. The van der Waals surface area contributed by atoms with Crippen LogP contribution in [0.15, 0.2) is 22.6 Å². The lowest BCUT2D eigenvalue weighted by molar-refractivity contribution is 0.0836. The zero-order valence-corrected chi connectivity index (χ0v) is 13.0. The molecule has 1 aliphatic rings. The molecule has 1 aromatic carbocycles. The van der Waals surface area contributed by atoms with Crippen LogP contribution in [0.4, 0.5) is 0 Å². The van der Waals surface area contributed by atoms with Gasteiger partial charge in [0.05, 0.1) is 12.7 Å². The van der Waals surface area contributed by atoms with Gasteiger partial charge in [-0.05, 0) is 44.9 Å². The van der Waals surface area contributed by atoms with E-state index in [0.717, 1.165) is 36.1 Å². The Hall–Kier alpha value is -2.01. The Bertz CT molecular complexity index is 671. The number of nitrogens with one attached hydrogen (secondary N) is 1. The zero-order chi connectivity index (χ0) is 15.5. The van der Waals surface area contributed by atoms with E-state index in [1.165, 1.54) is 0 Å². The van der Waals surface area contributed by atoms with Crippen LogP contribution >= 0.6 is 0 Å². The first kappa shape index (κ1) is 14.9. The summed E-state index contributed by atoms with van der Waals surface area (Å²) in [7, 11) is 0. The van der Waals surface area contributed by atoms with Gasteiger partial charge in [0.25, 0.3) is 5.91 Å². The minimum atomic E-state index is -0.192. The molecule has 0 radical (unpaired) electrons. The Morgan fingerprint density at radius 2 is 2.32 bits per heavy atom. The molecule has 1 amide bonds. The molecule has 0 unspecified atom stereocenters. The van der Waals surface area contributed by atoms with Crippen molar-refractivity contribution in [2.45, 2.75) is 32.8 Å². The Morgan fingerprint density at radius 3 is 3.05 bits per heavy atom. The predicted octanol–water partition coefficient (Wildman–Crippen LogP) is 3.05. The number of carbonyl (C=O) groups is 1. The van der Waals surface area contributed by atoms with Crippen LogP contribution in [-0.4, -0.2) is 31.8 Å². The number of ether oxygens (including phenoxy) is 2. The maximum atomic E-state index is 12.3. The summed E-state index contributed by atoms with van der Waals surface area (Å²) in [5, 5.41) is 3.80. The molecule has 5 nitrogen and oxygen atoms in total. The van der Waals surface area contributed by atoms with E-state index in [4.69, 9.17) is 13.9 Å². The smallest absolute Gasteiger partial charge is 0.287 e. The van der Waals surface area contributed by atoms with Gasteiger partial charge in [0.15, 0.2) is 5.76 Å². The molecule has 1 aliphatic heterocycles. The largest absolute Gasteiger partial charge is 0.494 e. The molecule has 2 heterocycles. The molecule has 118 valence electrons. The second kappa shape index (κ2) is 6.40. The van der Waals surface area contributed by atoms with E-state index in [2.05, 4.69) is 5.32 Å². The van der Waals surface area contributed by atoms with Crippen molar-refractivity contribution in [3.63, 3.8) is 0 Å². The number of benzene rings is 1. The monoisotopic (exact) mass is 303 g/mol. The van der Waals surface area contributed by atoms with Crippen molar-refractivity contribution >= 4 is 16.9 Å². The molecule has 0 saturated carbocycles. The van der Waals surface area contributed by atoms with Crippen molar-refractivity contribution in [3.8, 4) is 5.75 Å². The minimum absolute atomic E-state index is 0.123. The summed E-state index contributed by atoms with van der Waals surface area (Å²) >= 11 is 0. The SMILES string of the molecule is CCOc1ccc2oc(C(=O)NC[C@@H]3CCCO3)c(C)c2c1. The quantitative estimate of drug-likeness (QED) is 0.922. The molecule has 0 bridgehead atoms. The highest BCUT2D eigenvalue weighted by molar-refractivity contribution is 5.99. The molecule has 1 atom stereocenters. The van der Waals surface area contributed by atoms with Gasteiger partial charge in [-0.1, -0.05) is 0 Å². The standard InChI is InChI=1S/C17H21NO4/c1-3-20-12-6-7-15-14(9-12)11(2)16(22-15)17(19)18-10-13-5-4-8-21-13/h6-7,9,13H,3-5,8,10H2,1-2H3,(H,18,19)/t13-/m0/s1. The van der Waals surface area contributed by atoms with Gasteiger partial charge < -0.3 is 19.2 Å². The summed E-state index contributed by atoms with van der Waals surface area (Å²) < 4.78 is 16.7. The lowest BCUT2D eigenvalue weighted by Crippen LogP contribution is -2.31. The minimum Gasteiger partial charge on any atom is -0.494 e. The number of amides is 1. The lowest BCUT2D eigenvalue weighted by atomic mass is 10.1. The van der Waals surface area contributed by atoms with Gasteiger partial charge in [0.1, 0.15) is 11.3 Å². The zero-order valence-electron chi connectivity index (χ0n) is 13.0. The maximum Gasteiger partial charge on any atom is 0.287 e.